The Morgan fingerprint density at radius 2 is 2.08 bits per heavy atom. The van der Waals surface area contributed by atoms with Crippen LogP contribution in [0.5, 0.6) is 0 Å². The Balaban J connectivity index is 2.81. The molecule has 2 rings (SSSR count). The molecule has 1 heterocycles. The van der Waals surface area contributed by atoms with E-state index in [1.54, 1.807) is 6.07 Å². The number of hydrogen-bond donors (Lipinski definition) is 0. The van der Waals surface area contributed by atoms with E-state index in [1.165, 1.54) is 24.5 Å². The predicted molar refractivity (Wildman–Crippen MR) is 47.9 cm³/mol. The van der Waals surface area contributed by atoms with Gasteiger partial charge in [0.05, 0.1) is 5.02 Å². The molecule has 1 aromatic carbocycles. The summed E-state index contributed by atoms with van der Waals surface area (Å²) in [7, 11) is 0. The molecule has 1 aromatic heterocycles. The van der Waals surface area contributed by atoms with E-state index >= 15 is 0 Å². The van der Waals surface area contributed by atoms with Gasteiger partial charge in [0.1, 0.15) is 5.82 Å². The molecule has 0 unspecified atom stereocenters. The maximum absolute atomic E-state index is 12.9. The maximum atomic E-state index is 12.9. The topological polar surface area (TPSA) is 26.9 Å². The molecule has 0 fully saturated rings. The van der Waals surface area contributed by atoms with Gasteiger partial charge in [-0.3, -0.25) is 0 Å². The first-order valence-electron chi connectivity index (χ1n) is 3.64. The summed E-state index contributed by atoms with van der Waals surface area (Å²) in [6.45, 7) is 0. The molecular weight excluding hydrogens is 193 g/mol. The Hall–Kier alpha value is -1.35. The molecule has 66 valence electrons. The SMILES string of the molecule is [O-][n+]1ccc2cc(F)c(Cl)cc2c1. The van der Waals surface area contributed by atoms with Crippen molar-refractivity contribution in [3.8, 4) is 0 Å². The van der Waals surface area contributed by atoms with Crippen LogP contribution in [0.15, 0.2) is 30.6 Å². The zero-order chi connectivity index (χ0) is 9.42. The van der Waals surface area contributed by atoms with Crippen molar-refractivity contribution in [3.05, 3.63) is 46.6 Å². The van der Waals surface area contributed by atoms with Crippen LogP contribution in [0.4, 0.5) is 4.39 Å². The summed E-state index contributed by atoms with van der Waals surface area (Å²) >= 11 is 5.55. The van der Waals surface area contributed by atoms with Gasteiger partial charge in [-0.15, -0.1) is 0 Å². The molecule has 13 heavy (non-hydrogen) atoms. The average molecular weight is 198 g/mol. The molecule has 0 spiro atoms. The van der Waals surface area contributed by atoms with Gasteiger partial charge in [-0.1, -0.05) is 11.6 Å². The number of aromatic nitrogens is 1. The number of hydrogen-bond acceptors (Lipinski definition) is 1. The molecule has 2 nitrogen and oxygen atoms in total. The van der Waals surface area contributed by atoms with Crippen LogP contribution in [0.3, 0.4) is 0 Å². The molecule has 0 bridgehead atoms. The van der Waals surface area contributed by atoms with Crippen molar-refractivity contribution >= 4 is 22.4 Å². The van der Waals surface area contributed by atoms with E-state index < -0.39 is 5.82 Å². The monoisotopic (exact) mass is 197 g/mol. The van der Waals surface area contributed by atoms with Crippen LogP contribution in [-0.4, -0.2) is 0 Å². The van der Waals surface area contributed by atoms with Gasteiger partial charge < -0.3 is 5.21 Å². The van der Waals surface area contributed by atoms with Crippen LogP contribution in [0.1, 0.15) is 0 Å². The normalized spacial score (nSPS) is 10.6. The number of halogens is 2. The molecule has 0 radical (unpaired) electrons. The van der Waals surface area contributed by atoms with Crippen molar-refractivity contribution in [3.63, 3.8) is 0 Å². The standard InChI is InChI=1S/C9H5ClFNO/c10-8-3-7-5-12(13)2-1-6(7)4-9(8)11/h1-5H. The van der Waals surface area contributed by atoms with Crippen LogP contribution in [0.25, 0.3) is 10.8 Å². The number of rotatable bonds is 0. The van der Waals surface area contributed by atoms with E-state index in [-0.39, 0.29) is 5.02 Å². The van der Waals surface area contributed by atoms with Crippen molar-refractivity contribution < 1.29 is 9.12 Å². The summed E-state index contributed by atoms with van der Waals surface area (Å²) in [5.74, 6) is -0.474. The van der Waals surface area contributed by atoms with E-state index in [2.05, 4.69) is 0 Å². The van der Waals surface area contributed by atoms with E-state index in [4.69, 9.17) is 11.6 Å². The molecule has 0 saturated carbocycles. The van der Waals surface area contributed by atoms with Crippen molar-refractivity contribution in [2.24, 2.45) is 0 Å². The zero-order valence-corrected chi connectivity index (χ0v) is 7.25. The van der Waals surface area contributed by atoms with Gasteiger partial charge in [-0.25, -0.2) is 4.39 Å². The molecule has 0 aliphatic carbocycles. The summed E-state index contributed by atoms with van der Waals surface area (Å²) < 4.78 is 13.6. The number of benzene rings is 1. The predicted octanol–water partition coefficient (Wildman–Crippen LogP) is 2.27. The maximum Gasteiger partial charge on any atom is 0.188 e. The number of nitrogens with zero attached hydrogens (tertiary/aromatic N) is 1. The Kier molecular flexibility index (Phi) is 1.81. The minimum atomic E-state index is -0.474. The van der Waals surface area contributed by atoms with Gasteiger partial charge in [-0.2, -0.15) is 4.73 Å². The third-order valence-corrected chi connectivity index (χ3v) is 2.08. The van der Waals surface area contributed by atoms with Crippen LogP contribution in [0.2, 0.25) is 5.02 Å². The molecule has 0 amide bonds. The van der Waals surface area contributed by atoms with Crippen molar-refractivity contribution in [1.82, 2.24) is 0 Å². The fraction of sp³-hybridized carbons (Fsp3) is 0. The fourth-order valence-corrected chi connectivity index (χ4v) is 1.34. The quantitative estimate of drug-likeness (QED) is 0.470. The second-order valence-corrected chi connectivity index (χ2v) is 3.11. The Labute approximate surface area is 78.8 Å². The van der Waals surface area contributed by atoms with Gasteiger partial charge in [0, 0.05) is 11.5 Å². The average Bonchev–Trinajstić information content (AvgIpc) is 2.08. The summed E-state index contributed by atoms with van der Waals surface area (Å²) in [5, 5.41) is 12.2. The minimum absolute atomic E-state index is 0.0266. The largest absolute Gasteiger partial charge is 0.619 e. The van der Waals surface area contributed by atoms with E-state index in [0.717, 1.165) is 0 Å². The highest BCUT2D eigenvalue weighted by Crippen LogP contribution is 2.21. The highest BCUT2D eigenvalue weighted by atomic mass is 35.5. The minimum Gasteiger partial charge on any atom is -0.619 e. The molecule has 0 aliphatic heterocycles. The van der Waals surface area contributed by atoms with Crippen LogP contribution >= 0.6 is 11.6 Å². The van der Waals surface area contributed by atoms with Gasteiger partial charge in [0.25, 0.3) is 0 Å². The van der Waals surface area contributed by atoms with E-state index in [1.807, 2.05) is 0 Å². The lowest BCUT2D eigenvalue weighted by atomic mass is 10.2. The molecule has 0 N–H and O–H groups in total. The molecule has 4 heteroatoms. The van der Waals surface area contributed by atoms with Gasteiger partial charge in [-0.05, 0) is 17.5 Å². The second-order valence-electron chi connectivity index (χ2n) is 2.70. The van der Waals surface area contributed by atoms with E-state index in [0.29, 0.717) is 15.5 Å². The summed E-state index contributed by atoms with van der Waals surface area (Å²) in [6.07, 6.45) is 2.66. The first-order chi connectivity index (χ1) is 6.16. The second kappa shape index (κ2) is 2.85. The number of pyridine rings is 1. The zero-order valence-electron chi connectivity index (χ0n) is 6.50. The van der Waals surface area contributed by atoms with Crippen LogP contribution in [-0.2, 0) is 0 Å². The van der Waals surface area contributed by atoms with Crippen molar-refractivity contribution in [1.29, 1.82) is 0 Å². The molecule has 0 aliphatic rings. The first kappa shape index (κ1) is 8.26. The number of fused-ring (bicyclic) bond motifs is 1. The lowest BCUT2D eigenvalue weighted by molar-refractivity contribution is -0.603. The third-order valence-electron chi connectivity index (χ3n) is 1.79. The molecule has 0 atom stereocenters. The van der Waals surface area contributed by atoms with Crippen molar-refractivity contribution in [2.75, 3.05) is 0 Å². The Bertz CT molecular complexity index is 472. The van der Waals surface area contributed by atoms with Crippen LogP contribution < -0.4 is 4.73 Å². The summed E-state index contributed by atoms with van der Waals surface area (Å²) in [6, 6.07) is 4.28. The van der Waals surface area contributed by atoms with E-state index in [9.17, 15) is 9.60 Å². The molecule has 2 aromatic rings. The molecular formula is C9H5ClFNO. The Morgan fingerprint density at radius 3 is 2.85 bits per heavy atom. The smallest absolute Gasteiger partial charge is 0.188 e. The van der Waals surface area contributed by atoms with Crippen LogP contribution in [0, 0.1) is 11.0 Å². The molecule has 0 saturated heterocycles. The van der Waals surface area contributed by atoms with Gasteiger partial charge >= 0.3 is 0 Å². The van der Waals surface area contributed by atoms with Gasteiger partial charge in [0.2, 0.25) is 0 Å². The first-order valence-corrected chi connectivity index (χ1v) is 4.02. The Morgan fingerprint density at radius 1 is 1.31 bits per heavy atom. The third kappa shape index (κ3) is 1.42. The highest BCUT2D eigenvalue weighted by Gasteiger charge is 2.04. The fourth-order valence-electron chi connectivity index (χ4n) is 1.17. The lowest BCUT2D eigenvalue weighted by Crippen LogP contribution is -2.23. The van der Waals surface area contributed by atoms with Gasteiger partial charge in [0.15, 0.2) is 12.4 Å². The summed E-state index contributed by atoms with van der Waals surface area (Å²) in [4.78, 5) is 0. The lowest BCUT2D eigenvalue weighted by Gasteiger charge is -2.00. The highest BCUT2D eigenvalue weighted by molar-refractivity contribution is 6.31. The summed E-state index contributed by atoms with van der Waals surface area (Å²) in [5.41, 5.74) is 0. The van der Waals surface area contributed by atoms with Crippen molar-refractivity contribution in [2.45, 2.75) is 0 Å².